The fourth-order valence-corrected chi connectivity index (χ4v) is 1.69. The summed E-state index contributed by atoms with van der Waals surface area (Å²) in [6, 6.07) is 4.72. The maximum atomic E-state index is 11.8. The minimum absolute atomic E-state index is 0.122. The molecule has 0 unspecified atom stereocenters. The zero-order valence-corrected chi connectivity index (χ0v) is 8.94. The molecule has 2 rings (SSSR count). The van der Waals surface area contributed by atoms with Crippen molar-refractivity contribution in [3.05, 3.63) is 18.2 Å². The first-order chi connectivity index (χ1) is 6.92. The average molecular weight is 207 g/mol. The minimum Gasteiger partial charge on any atom is -0.508 e. The molecule has 15 heavy (non-hydrogen) atoms. The Balaban J connectivity index is 2.55. The third-order valence-corrected chi connectivity index (χ3v) is 2.49. The molecule has 1 N–H and O–H groups in total. The van der Waals surface area contributed by atoms with Crippen LogP contribution >= 0.6 is 0 Å². The molecule has 0 aliphatic carbocycles. The summed E-state index contributed by atoms with van der Waals surface area (Å²) < 4.78 is 5.55. The quantitative estimate of drug-likeness (QED) is 0.701. The number of amides is 1. The van der Waals surface area contributed by atoms with E-state index in [-0.39, 0.29) is 11.7 Å². The number of likely N-dealkylation sites (N-methyl/N-ethyl adjacent to an activating group) is 1. The van der Waals surface area contributed by atoms with Crippen LogP contribution in [0, 0.1) is 0 Å². The van der Waals surface area contributed by atoms with Gasteiger partial charge in [0, 0.05) is 13.1 Å². The van der Waals surface area contributed by atoms with E-state index >= 15 is 0 Å². The highest BCUT2D eigenvalue weighted by atomic mass is 16.5. The lowest BCUT2D eigenvalue weighted by molar-refractivity contribution is -0.132. The molecular formula is C11H13NO3. The van der Waals surface area contributed by atoms with Crippen molar-refractivity contribution in [2.45, 2.75) is 19.4 Å². The summed E-state index contributed by atoms with van der Waals surface area (Å²) >= 11 is 0. The number of rotatable bonds is 0. The van der Waals surface area contributed by atoms with Crippen molar-refractivity contribution >= 4 is 11.6 Å². The summed E-state index contributed by atoms with van der Waals surface area (Å²) in [5.41, 5.74) is -0.252. The number of ether oxygens (including phenoxy) is 1. The fourth-order valence-electron chi connectivity index (χ4n) is 1.69. The van der Waals surface area contributed by atoms with Crippen molar-refractivity contribution in [3.63, 3.8) is 0 Å². The van der Waals surface area contributed by atoms with E-state index in [2.05, 4.69) is 0 Å². The van der Waals surface area contributed by atoms with E-state index in [1.165, 1.54) is 11.0 Å². The van der Waals surface area contributed by atoms with Crippen molar-refractivity contribution < 1.29 is 14.6 Å². The van der Waals surface area contributed by atoms with Gasteiger partial charge in [0.05, 0.1) is 5.69 Å². The van der Waals surface area contributed by atoms with E-state index in [1.54, 1.807) is 33.0 Å². The van der Waals surface area contributed by atoms with Gasteiger partial charge < -0.3 is 14.7 Å². The van der Waals surface area contributed by atoms with Crippen LogP contribution in [0.25, 0.3) is 0 Å². The molecule has 0 saturated heterocycles. The SMILES string of the molecule is CN1C(=O)C(C)(C)Oc2ccc(O)cc21. The molecule has 0 spiro atoms. The smallest absolute Gasteiger partial charge is 0.270 e. The normalized spacial score (nSPS) is 18.3. The standard InChI is InChI=1S/C11H13NO3/c1-11(2)10(14)12(3)8-6-7(13)4-5-9(8)15-11/h4-6,13H,1-3H3. The molecule has 1 aliphatic rings. The van der Waals surface area contributed by atoms with Gasteiger partial charge in [0.15, 0.2) is 5.60 Å². The van der Waals surface area contributed by atoms with Gasteiger partial charge in [-0.2, -0.15) is 0 Å². The molecular weight excluding hydrogens is 194 g/mol. The van der Waals surface area contributed by atoms with Gasteiger partial charge in [0.2, 0.25) is 0 Å². The number of carbonyl (C=O) groups excluding carboxylic acids is 1. The monoisotopic (exact) mass is 207 g/mol. The van der Waals surface area contributed by atoms with Crippen LogP contribution in [0.3, 0.4) is 0 Å². The van der Waals surface area contributed by atoms with Crippen LogP contribution in [0.15, 0.2) is 18.2 Å². The number of benzene rings is 1. The second-order valence-electron chi connectivity index (χ2n) is 4.13. The van der Waals surface area contributed by atoms with E-state index in [0.717, 1.165) is 0 Å². The van der Waals surface area contributed by atoms with Crippen molar-refractivity contribution in [1.82, 2.24) is 0 Å². The lowest BCUT2D eigenvalue weighted by Crippen LogP contribution is -2.50. The van der Waals surface area contributed by atoms with Crippen LogP contribution in [-0.4, -0.2) is 23.7 Å². The summed E-state index contributed by atoms with van der Waals surface area (Å²) in [5.74, 6) is 0.609. The highest BCUT2D eigenvalue weighted by molar-refractivity contribution is 6.02. The van der Waals surface area contributed by atoms with Gasteiger partial charge >= 0.3 is 0 Å². The Bertz CT molecular complexity index is 426. The minimum atomic E-state index is -0.848. The Morgan fingerprint density at radius 3 is 2.73 bits per heavy atom. The number of carbonyl (C=O) groups is 1. The summed E-state index contributed by atoms with van der Waals surface area (Å²) in [7, 11) is 1.67. The van der Waals surface area contributed by atoms with Crippen LogP contribution in [-0.2, 0) is 4.79 Å². The first-order valence-electron chi connectivity index (χ1n) is 4.72. The number of phenols is 1. The topological polar surface area (TPSA) is 49.8 Å². The zero-order chi connectivity index (χ0) is 11.2. The summed E-state index contributed by atoms with van der Waals surface area (Å²) in [4.78, 5) is 13.3. The Labute approximate surface area is 88.1 Å². The summed E-state index contributed by atoms with van der Waals surface area (Å²) in [6.07, 6.45) is 0. The predicted molar refractivity (Wildman–Crippen MR) is 56.2 cm³/mol. The lowest BCUT2D eigenvalue weighted by Gasteiger charge is -2.36. The first kappa shape index (κ1) is 9.83. The number of hydrogen-bond donors (Lipinski definition) is 1. The van der Waals surface area contributed by atoms with Crippen LogP contribution in [0.2, 0.25) is 0 Å². The molecule has 0 radical (unpaired) electrons. The van der Waals surface area contributed by atoms with E-state index in [0.29, 0.717) is 11.4 Å². The maximum absolute atomic E-state index is 11.8. The largest absolute Gasteiger partial charge is 0.508 e. The van der Waals surface area contributed by atoms with E-state index in [1.807, 2.05) is 0 Å². The van der Waals surface area contributed by atoms with Gasteiger partial charge in [-0.1, -0.05) is 0 Å². The molecule has 1 amide bonds. The Morgan fingerprint density at radius 2 is 2.07 bits per heavy atom. The van der Waals surface area contributed by atoms with Gasteiger partial charge in [-0.15, -0.1) is 0 Å². The van der Waals surface area contributed by atoms with Gasteiger partial charge in [0.25, 0.3) is 5.91 Å². The molecule has 1 aliphatic heterocycles. The molecule has 80 valence electrons. The van der Waals surface area contributed by atoms with Crippen molar-refractivity contribution in [3.8, 4) is 11.5 Å². The van der Waals surface area contributed by atoms with Crippen molar-refractivity contribution in [2.75, 3.05) is 11.9 Å². The molecule has 0 fully saturated rings. The third-order valence-electron chi connectivity index (χ3n) is 2.49. The highest BCUT2D eigenvalue weighted by Crippen LogP contribution is 2.38. The summed E-state index contributed by atoms with van der Waals surface area (Å²) in [6.45, 7) is 3.45. The lowest BCUT2D eigenvalue weighted by atomic mass is 10.0. The van der Waals surface area contributed by atoms with Gasteiger partial charge in [-0.05, 0) is 26.0 Å². The Morgan fingerprint density at radius 1 is 1.40 bits per heavy atom. The molecule has 4 nitrogen and oxygen atoms in total. The second kappa shape index (κ2) is 2.89. The van der Waals surface area contributed by atoms with Crippen LogP contribution in [0.1, 0.15) is 13.8 Å². The Kier molecular flexibility index (Phi) is 1.89. The number of phenolic OH excluding ortho intramolecular Hbond substituents is 1. The predicted octanol–water partition coefficient (Wildman–Crippen LogP) is 1.53. The molecule has 0 bridgehead atoms. The van der Waals surface area contributed by atoms with Crippen LogP contribution in [0.4, 0.5) is 5.69 Å². The molecule has 0 saturated carbocycles. The fraction of sp³-hybridized carbons (Fsp3) is 0.364. The molecule has 1 aromatic rings. The van der Waals surface area contributed by atoms with E-state index in [9.17, 15) is 9.90 Å². The Hall–Kier alpha value is -1.71. The van der Waals surface area contributed by atoms with Crippen LogP contribution in [0.5, 0.6) is 11.5 Å². The molecule has 4 heteroatoms. The van der Waals surface area contributed by atoms with Gasteiger partial charge in [-0.25, -0.2) is 0 Å². The van der Waals surface area contributed by atoms with Gasteiger partial charge in [-0.3, -0.25) is 4.79 Å². The van der Waals surface area contributed by atoms with Crippen molar-refractivity contribution in [1.29, 1.82) is 0 Å². The zero-order valence-electron chi connectivity index (χ0n) is 8.94. The highest BCUT2D eigenvalue weighted by Gasteiger charge is 2.39. The number of anilines is 1. The number of hydrogen-bond acceptors (Lipinski definition) is 3. The van der Waals surface area contributed by atoms with Gasteiger partial charge in [0.1, 0.15) is 11.5 Å². The maximum Gasteiger partial charge on any atom is 0.270 e. The number of fused-ring (bicyclic) bond motifs is 1. The molecule has 0 atom stereocenters. The summed E-state index contributed by atoms with van der Waals surface area (Å²) in [5, 5.41) is 9.33. The molecule has 1 heterocycles. The van der Waals surface area contributed by atoms with E-state index in [4.69, 9.17) is 4.74 Å². The number of nitrogens with zero attached hydrogens (tertiary/aromatic N) is 1. The first-order valence-corrected chi connectivity index (χ1v) is 4.72. The number of aromatic hydroxyl groups is 1. The third kappa shape index (κ3) is 1.42. The van der Waals surface area contributed by atoms with Crippen molar-refractivity contribution in [2.24, 2.45) is 0 Å². The van der Waals surface area contributed by atoms with E-state index < -0.39 is 5.60 Å². The molecule has 1 aromatic carbocycles. The average Bonchev–Trinajstić information content (AvgIpc) is 2.16. The van der Waals surface area contributed by atoms with Crippen LogP contribution < -0.4 is 9.64 Å². The molecule has 0 aromatic heterocycles. The second-order valence-corrected chi connectivity index (χ2v) is 4.13.